The Morgan fingerprint density at radius 2 is 2.00 bits per heavy atom. The molecule has 6 heteroatoms. The lowest BCUT2D eigenvalue weighted by Gasteiger charge is -2.36. The second-order valence-corrected chi connectivity index (χ2v) is 7.20. The zero-order valence-electron chi connectivity index (χ0n) is 15.1. The van der Waals surface area contributed by atoms with Crippen molar-refractivity contribution in [1.29, 1.82) is 0 Å². The first-order valence-electron chi connectivity index (χ1n) is 9.41. The average molecular weight is 349 g/mol. The van der Waals surface area contributed by atoms with E-state index in [2.05, 4.69) is 37.6 Å². The number of nitrogens with zero attached hydrogens (tertiary/aromatic N) is 5. The minimum Gasteiger partial charge on any atom is -0.480 e. The molecule has 0 radical (unpaired) electrons. The zero-order chi connectivity index (χ0) is 17.5. The van der Waals surface area contributed by atoms with Gasteiger partial charge in [0.15, 0.2) is 0 Å². The van der Waals surface area contributed by atoms with Crippen LogP contribution in [0.5, 0.6) is 5.88 Å². The summed E-state index contributed by atoms with van der Waals surface area (Å²) >= 11 is 0. The molecule has 134 valence electrons. The van der Waals surface area contributed by atoms with E-state index < -0.39 is 0 Å². The van der Waals surface area contributed by atoms with Crippen molar-refractivity contribution in [3.05, 3.63) is 36.4 Å². The van der Waals surface area contributed by atoms with Gasteiger partial charge in [-0.3, -0.25) is 9.88 Å². The topological polar surface area (TPSA) is 56.1 Å². The highest BCUT2D eigenvalue weighted by molar-refractivity contribution is 5.82. The molecule has 0 spiro atoms. The Morgan fingerprint density at radius 1 is 1.08 bits per heavy atom. The first kappa shape index (κ1) is 15.8. The van der Waals surface area contributed by atoms with E-state index in [1.54, 1.807) is 19.5 Å². The van der Waals surface area contributed by atoms with Gasteiger partial charge >= 0.3 is 0 Å². The van der Waals surface area contributed by atoms with Crippen LogP contribution in [-0.2, 0) is 13.0 Å². The van der Waals surface area contributed by atoms with Crippen LogP contribution in [0.15, 0.2) is 30.6 Å². The molecule has 1 aliphatic carbocycles. The molecule has 0 N–H and O–H groups in total. The molecule has 3 heterocycles. The second-order valence-electron chi connectivity index (χ2n) is 7.20. The number of benzene rings is 1. The maximum atomic E-state index is 5.21. The maximum absolute atomic E-state index is 5.21. The molecule has 26 heavy (non-hydrogen) atoms. The van der Waals surface area contributed by atoms with Crippen LogP contribution in [0.1, 0.15) is 25.1 Å². The van der Waals surface area contributed by atoms with Gasteiger partial charge in [-0.15, -0.1) is 0 Å². The highest BCUT2D eigenvalue weighted by Gasteiger charge is 2.27. The first-order chi connectivity index (χ1) is 12.8. The number of fused-ring (bicyclic) bond motifs is 3. The molecule has 0 bridgehead atoms. The van der Waals surface area contributed by atoms with Crippen LogP contribution in [0.2, 0.25) is 0 Å². The Balaban J connectivity index is 1.50. The third-order valence-corrected chi connectivity index (χ3v) is 5.77. The molecular formula is C20H23N5O. The number of hydrogen-bond donors (Lipinski definition) is 0. The van der Waals surface area contributed by atoms with Gasteiger partial charge < -0.3 is 9.30 Å². The van der Waals surface area contributed by atoms with Crippen molar-refractivity contribution in [3.63, 3.8) is 0 Å². The van der Waals surface area contributed by atoms with Gasteiger partial charge in [0.2, 0.25) is 5.88 Å². The zero-order valence-corrected chi connectivity index (χ0v) is 15.1. The molecule has 1 saturated carbocycles. The average Bonchev–Trinajstić information content (AvgIpc) is 2.86. The van der Waals surface area contributed by atoms with E-state index in [0.29, 0.717) is 5.88 Å². The predicted octanol–water partition coefficient (Wildman–Crippen LogP) is 2.91. The van der Waals surface area contributed by atoms with Crippen LogP contribution in [-0.4, -0.2) is 50.7 Å². The van der Waals surface area contributed by atoms with Gasteiger partial charge in [0, 0.05) is 37.7 Å². The van der Waals surface area contributed by atoms with Gasteiger partial charge in [0.25, 0.3) is 0 Å². The van der Waals surface area contributed by atoms with E-state index in [0.717, 1.165) is 48.9 Å². The van der Waals surface area contributed by atoms with Crippen LogP contribution in [0.3, 0.4) is 0 Å². The summed E-state index contributed by atoms with van der Waals surface area (Å²) in [4.78, 5) is 16.3. The number of methoxy groups -OCH3 is 1. The summed E-state index contributed by atoms with van der Waals surface area (Å²) in [6.45, 7) is 3.25. The lowest BCUT2D eigenvalue weighted by molar-refractivity contribution is 0.130. The Hall–Kier alpha value is -2.47. The first-order valence-corrected chi connectivity index (χ1v) is 9.41. The van der Waals surface area contributed by atoms with E-state index in [-0.39, 0.29) is 0 Å². The number of aromatic nitrogens is 4. The van der Waals surface area contributed by atoms with Crippen LogP contribution < -0.4 is 4.74 Å². The van der Waals surface area contributed by atoms with Crippen molar-refractivity contribution in [3.8, 4) is 17.1 Å². The van der Waals surface area contributed by atoms with Crippen LogP contribution >= 0.6 is 0 Å². The van der Waals surface area contributed by atoms with Crippen molar-refractivity contribution in [2.75, 3.05) is 20.2 Å². The number of imidazole rings is 1. The normalized spacial score (nSPS) is 18.3. The molecule has 6 nitrogen and oxygen atoms in total. The Bertz CT molecular complexity index is 947. The van der Waals surface area contributed by atoms with Gasteiger partial charge in [-0.1, -0.05) is 12.5 Å². The van der Waals surface area contributed by atoms with Crippen molar-refractivity contribution in [2.45, 2.75) is 38.3 Å². The van der Waals surface area contributed by atoms with Crippen LogP contribution in [0, 0.1) is 0 Å². The quantitative estimate of drug-likeness (QED) is 0.728. The lowest BCUT2D eigenvalue weighted by atomic mass is 9.91. The molecule has 1 fully saturated rings. The summed E-state index contributed by atoms with van der Waals surface area (Å²) in [5, 5.41) is 0. The van der Waals surface area contributed by atoms with Crippen LogP contribution in [0.25, 0.3) is 22.3 Å². The van der Waals surface area contributed by atoms with E-state index in [1.807, 2.05) is 0 Å². The van der Waals surface area contributed by atoms with Gasteiger partial charge in [0.05, 0.1) is 36.2 Å². The minimum atomic E-state index is 0.533. The monoisotopic (exact) mass is 349 g/mol. The van der Waals surface area contributed by atoms with Gasteiger partial charge in [-0.05, 0) is 25.0 Å². The highest BCUT2D eigenvalue weighted by Crippen LogP contribution is 2.29. The second kappa shape index (κ2) is 6.36. The molecule has 3 aromatic rings. The highest BCUT2D eigenvalue weighted by atomic mass is 16.5. The molecule has 0 saturated heterocycles. The summed E-state index contributed by atoms with van der Waals surface area (Å²) in [7, 11) is 1.61. The molecule has 2 aliphatic rings. The predicted molar refractivity (Wildman–Crippen MR) is 100 cm³/mol. The van der Waals surface area contributed by atoms with E-state index in [4.69, 9.17) is 9.72 Å². The van der Waals surface area contributed by atoms with Crippen molar-refractivity contribution in [1.82, 2.24) is 24.4 Å². The molecule has 0 amide bonds. The molecular weight excluding hydrogens is 326 g/mol. The Labute approximate surface area is 152 Å². The maximum Gasteiger partial charge on any atom is 0.232 e. The van der Waals surface area contributed by atoms with Gasteiger partial charge in [-0.2, -0.15) is 0 Å². The number of ether oxygens (including phenoxy) is 1. The van der Waals surface area contributed by atoms with E-state index >= 15 is 0 Å². The molecule has 1 aliphatic heterocycles. The summed E-state index contributed by atoms with van der Waals surface area (Å²) in [6.07, 6.45) is 8.55. The van der Waals surface area contributed by atoms with Crippen molar-refractivity contribution >= 4 is 11.0 Å². The molecule has 5 rings (SSSR count). The summed E-state index contributed by atoms with van der Waals surface area (Å²) in [6, 6.07) is 7.15. The molecule has 0 unspecified atom stereocenters. The molecule has 0 atom stereocenters. The fourth-order valence-electron chi connectivity index (χ4n) is 4.06. The SMILES string of the molecule is COc1cncc(-c2ccc3nc4n(c3c2)CCN(C2CCC2)CC4)n1. The molecule has 1 aromatic carbocycles. The third-order valence-electron chi connectivity index (χ3n) is 5.77. The van der Waals surface area contributed by atoms with Crippen molar-refractivity contribution in [2.24, 2.45) is 0 Å². The van der Waals surface area contributed by atoms with Crippen molar-refractivity contribution < 1.29 is 4.74 Å². The van der Waals surface area contributed by atoms with E-state index in [1.165, 1.54) is 30.6 Å². The van der Waals surface area contributed by atoms with Gasteiger partial charge in [-0.25, -0.2) is 9.97 Å². The summed E-state index contributed by atoms with van der Waals surface area (Å²) in [5.41, 5.74) is 4.13. The largest absolute Gasteiger partial charge is 0.480 e. The van der Waals surface area contributed by atoms with Crippen LogP contribution in [0.4, 0.5) is 0 Å². The minimum absolute atomic E-state index is 0.533. The number of hydrogen-bond acceptors (Lipinski definition) is 5. The van der Waals surface area contributed by atoms with Gasteiger partial charge in [0.1, 0.15) is 5.82 Å². The summed E-state index contributed by atoms with van der Waals surface area (Å²) in [5.74, 6) is 1.74. The third kappa shape index (κ3) is 2.65. The Morgan fingerprint density at radius 3 is 2.81 bits per heavy atom. The fourth-order valence-corrected chi connectivity index (χ4v) is 4.06. The Kier molecular flexibility index (Phi) is 3.85. The number of rotatable bonds is 3. The smallest absolute Gasteiger partial charge is 0.232 e. The molecule has 2 aromatic heterocycles. The van der Waals surface area contributed by atoms with E-state index in [9.17, 15) is 0 Å². The standard InChI is InChI=1S/C20H23N5O/c1-26-20-13-21-12-17(23-20)14-5-6-16-18(11-14)25-10-9-24(15-3-2-4-15)8-7-19(25)22-16/h5-6,11-13,15H,2-4,7-10H2,1H3. The lowest BCUT2D eigenvalue weighted by Crippen LogP contribution is -2.41. The fraction of sp³-hybridized carbons (Fsp3) is 0.450. The summed E-state index contributed by atoms with van der Waals surface area (Å²) < 4.78 is 7.60.